The van der Waals surface area contributed by atoms with Gasteiger partial charge in [0.05, 0.1) is 23.9 Å². The Hall–Kier alpha value is -3.45. The van der Waals surface area contributed by atoms with Gasteiger partial charge in [-0.1, -0.05) is 30.3 Å². The molecule has 0 N–H and O–H groups in total. The van der Waals surface area contributed by atoms with Gasteiger partial charge in [0.25, 0.3) is 0 Å². The fourth-order valence-electron chi connectivity index (χ4n) is 2.83. The molecule has 0 fully saturated rings. The Bertz CT molecular complexity index is 990. The lowest BCUT2D eigenvalue weighted by Gasteiger charge is -2.04. The summed E-state index contributed by atoms with van der Waals surface area (Å²) < 4.78 is 1.95. The highest BCUT2D eigenvalue weighted by Crippen LogP contribution is 2.17. The van der Waals surface area contributed by atoms with Gasteiger partial charge in [0.15, 0.2) is 5.78 Å². The molecule has 1 heterocycles. The molecular weight excluding hydrogens is 322 g/mol. The highest BCUT2D eigenvalue weighted by atomic mass is 16.1. The summed E-state index contributed by atoms with van der Waals surface area (Å²) in [6.07, 6.45) is 3.38. The van der Waals surface area contributed by atoms with E-state index >= 15 is 0 Å². The molecule has 0 amide bonds. The Labute approximate surface area is 153 Å². The van der Waals surface area contributed by atoms with E-state index in [2.05, 4.69) is 17.2 Å². The number of nitrogens with zero attached hydrogens (tertiary/aromatic N) is 3. The summed E-state index contributed by atoms with van der Waals surface area (Å²) in [6, 6.07) is 18.8. The third-order valence-corrected chi connectivity index (χ3v) is 4.31. The number of ketones is 1. The van der Waals surface area contributed by atoms with E-state index in [4.69, 9.17) is 5.26 Å². The first-order valence-electron chi connectivity index (χ1n) is 8.39. The van der Waals surface area contributed by atoms with Crippen molar-refractivity contribution in [2.75, 3.05) is 0 Å². The Morgan fingerprint density at radius 2 is 1.81 bits per heavy atom. The van der Waals surface area contributed by atoms with Crippen LogP contribution in [0.2, 0.25) is 0 Å². The Morgan fingerprint density at radius 1 is 1.12 bits per heavy atom. The molecule has 2 aromatic carbocycles. The standard InChI is InChI=1S/C22H19N3O/c1-16-21(12-13-22(26)20-10-8-18(14-23)9-11-20)17(2)25(24-16)15-19-6-4-3-5-7-19/h3-13H,15H2,1-2H3. The third-order valence-electron chi connectivity index (χ3n) is 4.31. The first-order chi connectivity index (χ1) is 12.6. The van der Waals surface area contributed by atoms with Gasteiger partial charge < -0.3 is 0 Å². The van der Waals surface area contributed by atoms with Crippen molar-refractivity contribution >= 4 is 11.9 Å². The molecule has 3 rings (SSSR count). The van der Waals surface area contributed by atoms with Gasteiger partial charge in [-0.05, 0) is 55.8 Å². The van der Waals surface area contributed by atoms with Crippen LogP contribution in [0, 0.1) is 25.2 Å². The topological polar surface area (TPSA) is 58.7 Å². The monoisotopic (exact) mass is 341 g/mol. The van der Waals surface area contributed by atoms with E-state index in [1.165, 1.54) is 5.56 Å². The second-order valence-corrected chi connectivity index (χ2v) is 6.11. The zero-order valence-electron chi connectivity index (χ0n) is 14.8. The fraction of sp³-hybridized carbons (Fsp3) is 0.136. The Morgan fingerprint density at radius 3 is 2.46 bits per heavy atom. The van der Waals surface area contributed by atoms with E-state index in [0.29, 0.717) is 17.7 Å². The Kier molecular flexibility index (Phi) is 5.09. The molecule has 0 aliphatic rings. The lowest BCUT2D eigenvalue weighted by molar-refractivity contribution is 0.104. The van der Waals surface area contributed by atoms with E-state index in [1.54, 1.807) is 30.3 Å². The average molecular weight is 341 g/mol. The molecule has 4 heteroatoms. The van der Waals surface area contributed by atoms with Crippen molar-refractivity contribution in [3.05, 3.63) is 94.3 Å². The minimum Gasteiger partial charge on any atom is -0.289 e. The number of aromatic nitrogens is 2. The quantitative estimate of drug-likeness (QED) is 0.513. The molecule has 0 saturated carbocycles. The minimum atomic E-state index is -0.0934. The number of aryl methyl sites for hydroxylation is 1. The van der Waals surface area contributed by atoms with E-state index < -0.39 is 0 Å². The van der Waals surface area contributed by atoms with Gasteiger partial charge in [-0.3, -0.25) is 9.48 Å². The lowest BCUT2D eigenvalue weighted by atomic mass is 10.1. The summed E-state index contributed by atoms with van der Waals surface area (Å²) in [5.41, 5.74) is 5.16. The van der Waals surface area contributed by atoms with Crippen molar-refractivity contribution in [1.29, 1.82) is 5.26 Å². The summed E-state index contributed by atoms with van der Waals surface area (Å²) in [5, 5.41) is 13.4. The molecule has 1 aromatic heterocycles. The number of benzene rings is 2. The molecule has 0 atom stereocenters. The van der Waals surface area contributed by atoms with Crippen LogP contribution < -0.4 is 0 Å². The van der Waals surface area contributed by atoms with Crippen LogP contribution in [0.25, 0.3) is 6.08 Å². The summed E-state index contributed by atoms with van der Waals surface area (Å²) in [7, 11) is 0. The zero-order valence-corrected chi connectivity index (χ0v) is 14.8. The summed E-state index contributed by atoms with van der Waals surface area (Å²) in [4.78, 5) is 12.3. The maximum absolute atomic E-state index is 12.3. The van der Waals surface area contributed by atoms with Gasteiger partial charge in [-0.15, -0.1) is 0 Å². The zero-order chi connectivity index (χ0) is 18.5. The van der Waals surface area contributed by atoms with Crippen molar-refractivity contribution in [2.45, 2.75) is 20.4 Å². The predicted octanol–water partition coefficient (Wildman–Crippen LogP) is 4.32. The van der Waals surface area contributed by atoms with E-state index in [0.717, 1.165) is 17.0 Å². The van der Waals surface area contributed by atoms with Crippen LogP contribution in [-0.2, 0) is 6.54 Å². The maximum atomic E-state index is 12.3. The Balaban J connectivity index is 1.80. The SMILES string of the molecule is Cc1nn(Cc2ccccc2)c(C)c1C=CC(=O)c1ccc(C#N)cc1. The van der Waals surface area contributed by atoms with Gasteiger partial charge in [0.1, 0.15) is 0 Å². The summed E-state index contributed by atoms with van der Waals surface area (Å²) >= 11 is 0. The fourth-order valence-corrected chi connectivity index (χ4v) is 2.83. The van der Waals surface area contributed by atoms with Crippen LogP contribution in [0.3, 0.4) is 0 Å². The molecule has 0 aliphatic carbocycles. The largest absolute Gasteiger partial charge is 0.289 e. The molecule has 128 valence electrons. The van der Waals surface area contributed by atoms with Crippen LogP contribution in [0.5, 0.6) is 0 Å². The second kappa shape index (κ2) is 7.62. The number of carbonyl (C=O) groups is 1. The van der Waals surface area contributed by atoms with Gasteiger partial charge in [-0.25, -0.2) is 0 Å². The smallest absolute Gasteiger partial charge is 0.185 e. The molecular formula is C22H19N3O. The van der Waals surface area contributed by atoms with Crippen LogP contribution in [-0.4, -0.2) is 15.6 Å². The van der Waals surface area contributed by atoms with E-state index in [9.17, 15) is 4.79 Å². The first kappa shape index (κ1) is 17.4. The number of nitriles is 1. The maximum Gasteiger partial charge on any atom is 0.185 e. The number of hydrogen-bond donors (Lipinski definition) is 0. The van der Waals surface area contributed by atoms with E-state index in [1.807, 2.05) is 48.9 Å². The molecule has 4 nitrogen and oxygen atoms in total. The van der Waals surface area contributed by atoms with Crippen molar-refractivity contribution in [3.8, 4) is 6.07 Å². The highest BCUT2D eigenvalue weighted by Gasteiger charge is 2.10. The van der Waals surface area contributed by atoms with Gasteiger partial charge in [-0.2, -0.15) is 10.4 Å². The molecule has 0 saturated heterocycles. The number of carbonyl (C=O) groups excluding carboxylic acids is 1. The molecule has 0 unspecified atom stereocenters. The predicted molar refractivity (Wildman–Crippen MR) is 102 cm³/mol. The lowest BCUT2D eigenvalue weighted by Crippen LogP contribution is -2.03. The molecule has 0 bridgehead atoms. The molecule has 26 heavy (non-hydrogen) atoms. The van der Waals surface area contributed by atoms with Crippen LogP contribution >= 0.6 is 0 Å². The minimum absolute atomic E-state index is 0.0934. The summed E-state index contributed by atoms with van der Waals surface area (Å²) in [5.74, 6) is -0.0934. The normalized spacial score (nSPS) is 10.8. The van der Waals surface area contributed by atoms with Gasteiger partial charge >= 0.3 is 0 Å². The molecule has 0 aliphatic heterocycles. The second-order valence-electron chi connectivity index (χ2n) is 6.11. The van der Waals surface area contributed by atoms with Gasteiger partial charge in [0.2, 0.25) is 0 Å². The molecule has 3 aromatic rings. The third kappa shape index (κ3) is 3.79. The van der Waals surface area contributed by atoms with Crippen LogP contribution in [0.4, 0.5) is 0 Å². The number of allylic oxidation sites excluding steroid dienone is 1. The number of rotatable bonds is 5. The number of hydrogen-bond acceptors (Lipinski definition) is 3. The molecule has 0 spiro atoms. The van der Waals surface area contributed by atoms with Crippen molar-refractivity contribution < 1.29 is 4.79 Å². The van der Waals surface area contributed by atoms with Gasteiger partial charge in [0, 0.05) is 16.8 Å². The molecule has 0 radical (unpaired) electrons. The van der Waals surface area contributed by atoms with Crippen molar-refractivity contribution in [1.82, 2.24) is 9.78 Å². The highest BCUT2D eigenvalue weighted by molar-refractivity contribution is 6.06. The summed E-state index contributed by atoms with van der Waals surface area (Å²) in [6.45, 7) is 4.65. The van der Waals surface area contributed by atoms with E-state index in [-0.39, 0.29) is 5.78 Å². The average Bonchev–Trinajstić information content (AvgIpc) is 2.93. The van der Waals surface area contributed by atoms with Crippen molar-refractivity contribution in [2.24, 2.45) is 0 Å². The van der Waals surface area contributed by atoms with Crippen molar-refractivity contribution in [3.63, 3.8) is 0 Å². The first-order valence-corrected chi connectivity index (χ1v) is 8.39. The van der Waals surface area contributed by atoms with Crippen LogP contribution in [0.1, 0.15) is 38.4 Å². The van der Waals surface area contributed by atoms with Crippen LogP contribution in [0.15, 0.2) is 60.7 Å².